The monoisotopic (exact) mass is 541 g/mol. The van der Waals surface area contributed by atoms with Gasteiger partial charge < -0.3 is 19.4 Å². The van der Waals surface area contributed by atoms with Gasteiger partial charge in [0.05, 0.1) is 18.1 Å². The molecule has 2 atom stereocenters. The van der Waals surface area contributed by atoms with E-state index in [1.54, 1.807) is 18.9 Å². The first kappa shape index (κ1) is 25.8. The predicted octanol–water partition coefficient (Wildman–Crippen LogP) is 7.20. The first-order valence-corrected chi connectivity index (χ1v) is 14.8. The molecule has 0 radical (unpaired) electrons. The molecule has 202 valence electrons. The van der Waals surface area contributed by atoms with Crippen LogP contribution in [0.5, 0.6) is 11.5 Å². The van der Waals surface area contributed by atoms with Gasteiger partial charge in [-0.25, -0.2) is 4.98 Å². The van der Waals surface area contributed by atoms with Gasteiger partial charge in [-0.1, -0.05) is 55.9 Å². The molecule has 6 nitrogen and oxygen atoms in total. The van der Waals surface area contributed by atoms with E-state index in [9.17, 15) is 4.79 Å². The lowest BCUT2D eigenvalue weighted by molar-refractivity contribution is 0.0356. The molecule has 3 heterocycles. The predicted molar refractivity (Wildman–Crippen MR) is 156 cm³/mol. The molecule has 3 aromatic carbocycles. The Balaban J connectivity index is 1.07. The van der Waals surface area contributed by atoms with Crippen LogP contribution in [0.3, 0.4) is 0 Å². The van der Waals surface area contributed by atoms with Gasteiger partial charge in [-0.05, 0) is 60.2 Å². The number of hydrogen-bond acceptors (Lipinski definition) is 5. The number of thioether (sulfide) groups is 1. The summed E-state index contributed by atoms with van der Waals surface area (Å²) in [6.07, 6.45) is 4.06. The summed E-state index contributed by atoms with van der Waals surface area (Å²) < 4.78 is 11.8. The number of para-hydroxylation sites is 1. The number of aromatic nitrogens is 2. The standard InChI is InChI=1S/C32H35N3O3S/c1-20(2)27-6-4-5-7-30(27)38-26-16-23-12-13-24(17-26)35(23)31(36)22-10-8-21(9-11-22)19-39-32-33-28-15-14-25(37-3)18-29(28)34-32/h4-11,14-15,18,20,23-24,26H,12-13,16-17,19H2,1-3H3,(H,33,34). The summed E-state index contributed by atoms with van der Waals surface area (Å²) in [5.74, 6) is 3.15. The van der Waals surface area contributed by atoms with Gasteiger partial charge in [0.2, 0.25) is 0 Å². The lowest BCUT2D eigenvalue weighted by atomic mass is 9.97. The fourth-order valence-electron chi connectivity index (χ4n) is 6.00. The fourth-order valence-corrected chi connectivity index (χ4v) is 6.85. The normalized spacial score (nSPS) is 20.5. The van der Waals surface area contributed by atoms with Crippen LogP contribution in [0.15, 0.2) is 71.9 Å². The van der Waals surface area contributed by atoms with Crippen molar-refractivity contribution in [2.45, 2.75) is 74.5 Å². The van der Waals surface area contributed by atoms with E-state index >= 15 is 0 Å². The number of imidazole rings is 1. The molecule has 2 aliphatic heterocycles. The third kappa shape index (κ3) is 5.37. The van der Waals surface area contributed by atoms with Crippen molar-refractivity contribution in [3.8, 4) is 11.5 Å². The average molecular weight is 542 g/mol. The molecule has 1 amide bonds. The largest absolute Gasteiger partial charge is 0.497 e. The highest BCUT2D eigenvalue weighted by atomic mass is 32.2. The lowest BCUT2D eigenvalue weighted by Gasteiger charge is -2.39. The maximum atomic E-state index is 13.6. The summed E-state index contributed by atoms with van der Waals surface area (Å²) in [4.78, 5) is 23.7. The molecule has 39 heavy (non-hydrogen) atoms. The van der Waals surface area contributed by atoms with Crippen LogP contribution >= 0.6 is 11.8 Å². The average Bonchev–Trinajstić information content (AvgIpc) is 3.48. The smallest absolute Gasteiger partial charge is 0.254 e. The third-order valence-corrected chi connectivity index (χ3v) is 8.95. The molecule has 1 aromatic heterocycles. The van der Waals surface area contributed by atoms with E-state index in [1.807, 2.05) is 36.4 Å². The molecule has 0 aliphatic carbocycles. The third-order valence-electron chi connectivity index (χ3n) is 8.00. The molecule has 6 rings (SSSR count). The van der Waals surface area contributed by atoms with Crippen molar-refractivity contribution in [1.82, 2.24) is 14.9 Å². The second-order valence-corrected chi connectivity index (χ2v) is 11.9. The van der Waals surface area contributed by atoms with E-state index in [2.05, 4.69) is 59.0 Å². The Labute approximate surface area is 234 Å². The summed E-state index contributed by atoms with van der Waals surface area (Å²) in [5, 5.41) is 0.871. The highest BCUT2D eigenvalue weighted by Gasteiger charge is 2.44. The van der Waals surface area contributed by atoms with Crippen molar-refractivity contribution in [2.75, 3.05) is 7.11 Å². The number of carbonyl (C=O) groups is 1. The van der Waals surface area contributed by atoms with E-state index in [1.165, 1.54) is 5.56 Å². The molecular weight excluding hydrogens is 506 g/mol. The van der Waals surface area contributed by atoms with Crippen molar-refractivity contribution in [2.24, 2.45) is 0 Å². The number of hydrogen-bond donors (Lipinski definition) is 1. The fraction of sp³-hybridized carbons (Fsp3) is 0.375. The number of fused-ring (bicyclic) bond motifs is 3. The first-order valence-electron chi connectivity index (χ1n) is 13.8. The number of aromatic amines is 1. The van der Waals surface area contributed by atoms with Gasteiger partial charge >= 0.3 is 0 Å². The van der Waals surface area contributed by atoms with Crippen molar-refractivity contribution in [1.29, 1.82) is 0 Å². The van der Waals surface area contributed by atoms with Gasteiger partial charge in [-0.15, -0.1) is 0 Å². The van der Waals surface area contributed by atoms with Crippen LogP contribution in [0, 0.1) is 0 Å². The number of carbonyl (C=O) groups excluding carboxylic acids is 1. The summed E-state index contributed by atoms with van der Waals surface area (Å²) in [6.45, 7) is 4.40. The minimum absolute atomic E-state index is 0.147. The van der Waals surface area contributed by atoms with Crippen LogP contribution in [-0.4, -0.2) is 46.1 Å². The van der Waals surface area contributed by atoms with Gasteiger partial charge in [0.15, 0.2) is 5.16 Å². The maximum Gasteiger partial charge on any atom is 0.254 e. The zero-order valence-electron chi connectivity index (χ0n) is 22.7. The maximum absolute atomic E-state index is 13.6. The van der Waals surface area contributed by atoms with Gasteiger partial charge in [0, 0.05) is 42.3 Å². The number of nitrogens with one attached hydrogen (secondary N) is 1. The van der Waals surface area contributed by atoms with Crippen LogP contribution in [-0.2, 0) is 5.75 Å². The second-order valence-electron chi connectivity index (χ2n) is 10.9. The van der Waals surface area contributed by atoms with Gasteiger partial charge in [0.1, 0.15) is 17.6 Å². The lowest BCUT2D eigenvalue weighted by Crippen LogP contribution is -2.49. The summed E-state index contributed by atoms with van der Waals surface area (Å²) >= 11 is 1.65. The number of H-pyrrole nitrogens is 1. The molecule has 4 aromatic rings. The Morgan fingerprint density at radius 2 is 1.79 bits per heavy atom. The Bertz CT molecular complexity index is 1450. The number of ether oxygens (including phenoxy) is 2. The van der Waals surface area contributed by atoms with E-state index in [0.29, 0.717) is 5.92 Å². The van der Waals surface area contributed by atoms with Gasteiger partial charge in [0.25, 0.3) is 5.91 Å². The highest BCUT2D eigenvalue weighted by molar-refractivity contribution is 7.98. The molecule has 2 bridgehead atoms. The van der Waals surface area contributed by atoms with Crippen LogP contribution in [0.25, 0.3) is 11.0 Å². The van der Waals surface area contributed by atoms with E-state index in [4.69, 9.17) is 9.47 Å². The summed E-state index contributed by atoms with van der Waals surface area (Å²) in [6, 6.07) is 22.8. The van der Waals surface area contributed by atoms with Crippen LogP contribution in [0.4, 0.5) is 0 Å². The van der Waals surface area contributed by atoms with Crippen LogP contribution in [0.2, 0.25) is 0 Å². The summed E-state index contributed by atoms with van der Waals surface area (Å²) in [5.41, 5.74) is 5.06. The quantitative estimate of drug-likeness (QED) is 0.239. The number of nitrogens with zero attached hydrogens (tertiary/aromatic N) is 2. The second kappa shape index (κ2) is 11.0. The molecule has 2 fully saturated rings. The molecule has 0 spiro atoms. The number of benzene rings is 3. The van der Waals surface area contributed by atoms with Crippen molar-refractivity contribution < 1.29 is 14.3 Å². The Morgan fingerprint density at radius 1 is 1.05 bits per heavy atom. The van der Waals surface area contributed by atoms with E-state index in [-0.39, 0.29) is 24.1 Å². The highest BCUT2D eigenvalue weighted by Crippen LogP contribution is 2.39. The van der Waals surface area contributed by atoms with Crippen LogP contribution in [0.1, 0.15) is 66.9 Å². The molecule has 2 unspecified atom stereocenters. The molecule has 2 aliphatic rings. The van der Waals surface area contributed by atoms with Crippen LogP contribution < -0.4 is 9.47 Å². The van der Waals surface area contributed by atoms with Gasteiger partial charge in [-0.3, -0.25) is 4.79 Å². The summed E-state index contributed by atoms with van der Waals surface area (Å²) in [7, 11) is 1.66. The topological polar surface area (TPSA) is 67.4 Å². The minimum atomic E-state index is 0.147. The molecule has 7 heteroatoms. The Kier molecular flexibility index (Phi) is 7.26. The zero-order valence-corrected chi connectivity index (χ0v) is 23.5. The van der Waals surface area contributed by atoms with Crippen molar-refractivity contribution in [3.63, 3.8) is 0 Å². The minimum Gasteiger partial charge on any atom is -0.497 e. The molecular formula is C32H35N3O3S. The number of amides is 1. The Hall–Kier alpha value is -3.45. The van der Waals surface area contributed by atoms with Crippen molar-refractivity contribution in [3.05, 3.63) is 83.4 Å². The van der Waals surface area contributed by atoms with E-state index < -0.39 is 0 Å². The number of methoxy groups -OCH3 is 1. The van der Waals surface area contributed by atoms with Crippen molar-refractivity contribution >= 4 is 28.7 Å². The molecule has 0 saturated carbocycles. The molecule has 1 N–H and O–H groups in total. The first-order chi connectivity index (χ1) is 19.0. The SMILES string of the molecule is COc1ccc2nc(SCc3ccc(C(=O)N4C5CCC4CC(Oc4ccccc4C(C)C)C5)cc3)[nH]c2c1. The number of piperidine rings is 1. The van der Waals surface area contributed by atoms with Gasteiger partial charge in [-0.2, -0.15) is 0 Å². The van der Waals surface area contributed by atoms with E-state index in [0.717, 1.165) is 70.3 Å². The zero-order chi connectivity index (χ0) is 26.9. The Morgan fingerprint density at radius 3 is 2.51 bits per heavy atom. The number of rotatable bonds is 8. The molecule has 2 saturated heterocycles.